The molecule has 0 fully saturated rings. The molecule has 5 nitrogen and oxygen atoms in total. The maximum Gasteiger partial charge on any atom is 0.308 e. The normalized spacial score (nSPS) is 13.9. The van der Waals surface area contributed by atoms with E-state index in [1.54, 1.807) is 6.07 Å². The second-order valence-corrected chi connectivity index (χ2v) is 4.23. The first-order valence-electron chi connectivity index (χ1n) is 5.50. The molecule has 1 aromatic carbocycles. The Morgan fingerprint density at radius 3 is 2.89 bits per heavy atom. The molecule has 0 radical (unpaired) electrons. The molecule has 0 bridgehead atoms. The Labute approximate surface area is 109 Å². The molecule has 0 aliphatic carbocycles. The molecule has 2 rings (SSSR count). The number of fused-ring (bicyclic) bond motifs is 1. The van der Waals surface area contributed by atoms with Crippen LogP contribution >= 0.6 is 11.6 Å². The lowest BCUT2D eigenvalue weighted by molar-refractivity contribution is -0.136. The Hall–Kier alpha value is -1.62. The highest BCUT2D eigenvalue weighted by Crippen LogP contribution is 2.44. The summed E-state index contributed by atoms with van der Waals surface area (Å²) in [6, 6.07) is 1.59. The largest absolute Gasteiger partial charge is 0.495 e. The fourth-order valence-electron chi connectivity index (χ4n) is 1.86. The Morgan fingerprint density at radius 2 is 2.22 bits per heavy atom. The number of ether oxygens (including phenoxy) is 3. The van der Waals surface area contributed by atoms with Gasteiger partial charge in [-0.15, -0.1) is 0 Å². The molecule has 98 valence electrons. The van der Waals surface area contributed by atoms with Crippen LogP contribution in [-0.2, 0) is 11.2 Å². The number of hydrogen-bond donors (Lipinski definition) is 1. The van der Waals surface area contributed by atoms with Crippen LogP contribution < -0.4 is 14.2 Å². The van der Waals surface area contributed by atoms with Gasteiger partial charge in [-0.25, -0.2) is 0 Å². The summed E-state index contributed by atoms with van der Waals surface area (Å²) < 4.78 is 16.2. The predicted molar refractivity (Wildman–Crippen MR) is 65.0 cm³/mol. The lowest BCUT2D eigenvalue weighted by Crippen LogP contribution is -2.06. The number of hydrogen-bond acceptors (Lipinski definition) is 4. The minimum atomic E-state index is -0.981. The van der Waals surface area contributed by atoms with E-state index in [1.165, 1.54) is 7.11 Å². The van der Waals surface area contributed by atoms with Gasteiger partial charge in [-0.1, -0.05) is 11.6 Å². The third-order valence-electron chi connectivity index (χ3n) is 2.57. The summed E-state index contributed by atoms with van der Waals surface area (Å²) in [4.78, 5) is 10.9. The van der Waals surface area contributed by atoms with Crippen LogP contribution in [-0.4, -0.2) is 31.4 Å². The molecule has 1 heterocycles. The average molecular weight is 273 g/mol. The van der Waals surface area contributed by atoms with Crippen molar-refractivity contribution >= 4 is 17.6 Å². The Morgan fingerprint density at radius 1 is 1.50 bits per heavy atom. The van der Waals surface area contributed by atoms with Crippen molar-refractivity contribution in [1.29, 1.82) is 0 Å². The van der Waals surface area contributed by atoms with Crippen LogP contribution in [0.25, 0.3) is 0 Å². The number of rotatable bonds is 3. The minimum Gasteiger partial charge on any atom is -0.495 e. The van der Waals surface area contributed by atoms with Gasteiger partial charge in [0.15, 0.2) is 11.5 Å². The van der Waals surface area contributed by atoms with E-state index >= 15 is 0 Å². The number of benzene rings is 1. The molecule has 0 saturated carbocycles. The van der Waals surface area contributed by atoms with Crippen LogP contribution in [0.15, 0.2) is 6.07 Å². The fourth-order valence-corrected chi connectivity index (χ4v) is 2.15. The van der Waals surface area contributed by atoms with Gasteiger partial charge >= 0.3 is 5.97 Å². The summed E-state index contributed by atoms with van der Waals surface area (Å²) >= 11 is 6.05. The molecule has 0 saturated heterocycles. The summed E-state index contributed by atoms with van der Waals surface area (Å²) in [5.74, 6) is 0.222. The van der Waals surface area contributed by atoms with E-state index in [4.69, 9.17) is 30.9 Å². The van der Waals surface area contributed by atoms with Crippen LogP contribution in [0.4, 0.5) is 0 Å². The Kier molecular flexibility index (Phi) is 3.81. The summed E-state index contributed by atoms with van der Waals surface area (Å²) in [6.07, 6.45) is 0.510. The van der Waals surface area contributed by atoms with E-state index in [2.05, 4.69) is 0 Å². The first-order chi connectivity index (χ1) is 8.63. The second-order valence-electron chi connectivity index (χ2n) is 3.82. The third-order valence-corrected chi connectivity index (χ3v) is 2.85. The van der Waals surface area contributed by atoms with E-state index in [0.29, 0.717) is 41.0 Å². The highest BCUT2D eigenvalue weighted by molar-refractivity contribution is 6.32. The molecular formula is C12H13ClO5. The lowest BCUT2D eigenvalue weighted by Gasteiger charge is -2.16. The van der Waals surface area contributed by atoms with Crippen LogP contribution in [0.2, 0.25) is 5.02 Å². The number of carboxylic acid groups (broad SMARTS) is 1. The zero-order valence-corrected chi connectivity index (χ0v) is 10.6. The summed E-state index contributed by atoms with van der Waals surface area (Å²) in [6.45, 7) is 0.993. The van der Waals surface area contributed by atoms with Gasteiger partial charge in [0.25, 0.3) is 0 Å². The standard InChI is InChI=1S/C12H13ClO5/c1-16-11-7(5-10(14)15)12-9(6-8(11)13)17-3-2-4-18-12/h6H,2-5H2,1H3,(H,14,15). The molecule has 1 aliphatic rings. The van der Waals surface area contributed by atoms with Crippen molar-refractivity contribution in [1.82, 2.24) is 0 Å². The highest BCUT2D eigenvalue weighted by atomic mass is 35.5. The van der Waals surface area contributed by atoms with Gasteiger partial charge in [0.1, 0.15) is 5.75 Å². The Balaban J connectivity index is 2.56. The first-order valence-corrected chi connectivity index (χ1v) is 5.88. The van der Waals surface area contributed by atoms with E-state index in [9.17, 15) is 4.79 Å². The van der Waals surface area contributed by atoms with Crippen molar-refractivity contribution in [3.8, 4) is 17.2 Å². The van der Waals surface area contributed by atoms with Crippen LogP contribution in [0.1, 0.15) is 12.0 Å². The third kappa shape index (κ3) is 2.46. The number of carboxylic acids is 1. The number of carbonyl (C=O) groups is 1. The fraction of sp³-hybridized carbons (Fsp3) is 0.417. The zero-order valence-electron chi connectivity index (χ0n) is 9.86. The van der Waals surface area contributed by atoms with Gasteiger partial charge in [-0.2, -0.15) is 0 Å². The molecule has 1 aromatic rings. The molecule has 0 aromatic heterocycles. The van der Waals surface area contributed by atoms with Gasteiger partial charge in [0, 0.05) is 12.5 Å². The molecule has 0 atom stereocenters. The summed E-state index contributed by atoms with van der Waals surface area (Å²) in [5.41, 5.74) is 0.411. The quantitative estimate of drug-likeness (QED) is 0.913. The zero-order chi connectivity index (χ0) is 13.1. The predicted octanol–water partition coefficient (Wildman–Crippen LogP) is 2.14. The highest BCUT2D eigenvalue weighted by Gasteiger charge is 2.23. The van der Waals surface area contributed by atoms with Crippen LogP contribution in [0.5, 0.6) is 17.2 Å². The molecule has 0 amide bonds. The van der Waals surface area contributed by atoms with Crippen molar-refractivity contribution in [2.45, 2.75) is 12.8 Å². The Bertz CT molecular complexity index is 472. The molecule has 1 aliphatic heterocycles. The van der Waals surface area contributed by atoms with Gasteiger partial charge in [-0.05, 0) is 0 Å². The molecule has 0 unspecified atom stereocenters. The van der Waals surface area contributed by atoms with Crippen molar-refractivity contribution in [2.75, 3.05) is 20.3 Å². The SMILES string of the molecule is COc1c(Cl)cc2c(c1CC(=O)O)OCCCO2. The molecule has 6 heteroatoms. The molecule has 0 spiro atoms. The summed E-state index contributed by atoms with van der Waals surface area (Å²) in [7, 11) is 1.44. The van der Waals surface area contributed by atoms with E-state index in [-0.39, 0.29) is 6.42 Å². The van der Waals surface area contributed by atoms with Gasteiger partial charge in [-0.3, -0.25) is 4.79 Å². The molecular weight excluding hydrogens is 260 g/mol. The minimum absolute atomic E-state index is 0.227. The smallest absolute Gasteiger partial charge is 0.308 e. The van der Waals surface area contributed by atoms with E-state index in [0.717, 1.165) is 6.42 Å². The first kappa shape index (κ1) is 12.8. The number of halogens is 1. The van der Waals surface area contributed by atoms with Gasteiger partial charge in [0.2, 0.25) is 0 Å². The van der Waals surface area contributed by atoms with E-state index in [1.807, 2.05) is 0 Å². The van der Waals surface area contributed by atoms with Gasteiger partial charge in [0.05, 0.1) is 37.3 Å². The second kappa shape index (κ2) is 5.35. The van der Waals surface area contributed by atoms with Crippen molar-refractivity contribution in [3.63, 3.8) is 0 Å². The van der Waals surface area contributed by atoms with Crippen molar-refractivity contribution < 1.29 is 24.1 Å². The van der Waals surface area contributed by atoms with Crippen molar-refractivity contribution in [3.05, 3.63) is 16.7 Å². The average Bonchev–Trinajstić information content (AvgIpc) is 2.53. The number of methoxy groups -OCH3 is 1. The van der Waals surface area contributed by atoms with Crippen LogP contribution in [0, 0.1) is 0 Å². The maximum absolute atomic E-state index is 10.9. The van der Waals surface area contributed by atoms with Gasteiger partial charge < -0.3 is 19.3 Å². The van der Waals surface area contributed by atoms with Crippen molar-refractivity contribution in [2.24, 2.45) is 0 Å². The monoisotopic (exact) mass is 272 g/mol. The lowest BCUT2D eigenvalue weighted by atomic mass is 10.1. The maximum atomic E-state index is 10.9. The summed E-state index contributed by atoms with van der Waals surface area (Å²) in [5, 5.41) is 9.27. The number of aliphatic carboxylic acids is 1. The molecule has 1 N–H and O–H groups in total. The molecule has 18 heavy (non-hydrogen) atoms. The van der Waals surface area contributed by atoms with Crippen LogP contribution in [0.3, 0.4) is 0 Å². The van der Waals surface area contributed by atoms with E-state index < -0.39 is 5.97 Å². The topological polar surface area (TPSA) is 65.0 Å².